The summed E-state index contributed by atoms with van der Waals surface area (Å²) in [5.41, 5.74) is 3.35. The molecule has 1 aliphatic heterocycles. The summed E-state index contributed by atoms with van der Waals surface area (Å²) < 4.78 is 1.70. The number of H-pyrrole nitrogens is 1. The Labute approximate surface area is 141 Å². The molecule has 0 aromatic carbocycles. The lowest BCUT2D eigenvalue weighted by atomic mass is 9.65. The maximum Gasteiger partial charge on any atom is 0.266 e. The van der Waals surface area contributed by atoms with Crippen LogP contribution in [0.4, 0.5) is 0 Å². The molecule has 1 saturated heterocycles. The van der Waals surface area contributed by atoms with Crippen molar-refractivity contribution in [3.05, 3.63) is 33.4 Å². The summed E-state index contributed by atoms with van der Waals surface area (Å²) in [6.07, 6.45) is 1.09. The fraction of sp³-hybridized carbons (Fsp3) is 0.611. The van der Waals surface area contributed by atoms with Crippen molar-refractivity contribution in [2.75, 3.05) is 6.54 Å². The van der Waals surface area contributed by atoms with Gasteiger partial charge in [0.15, 0.2) is 5.65 Å². The zero-order valence-electron chi connectivity index (χ0n) is 15.4. The number of hydrogen-bond acceptors (Lipinski definition) is 3. The summed E-state index contributed by atoms with van der Waals surface area (Å²) >= 11 is 0. The van der Waals surface area contributed by atoms with Crippen LogP contribution in [0.15, 0.2) is 10.9 Å². The molecule has 3 rings (SSSR count). The van der Waals surface area contributed by atoms with E-state index in [2.05, 4.69) is 37.8 Å². The van der Waals surface area contributed by atoms with Crippen molar-refractivity contribution in [2.45, 2.75) is 59.9 Å². The van der Waals surface area contributed by atoms with Crippen LogP contribution in [-0.4, -0.2) is 37.5 Å². The van der Waals surface area contributed by atoms with E-state index in [0.717, 1.165) is 23.5 Å². The number of nitrogens with one attached hydrogen (secondary N) is 1. The van der Waals surface area contributed by atoms with E-state index in [0.29, 0.717) is 18.5 Å². The number of aryl methyl sites for hydroxylation is 2. The molecule has 1 aliphatic rings. The molecule has 0 saturated carbocycles. The highest BCUT2D eigenvalue weighted by molar-refractivity contribution is 5.78. The molecule has 0 atom stereocenters. The molecule has 6 nitrogen and oxygen atoms in total. The van der Waals surface area contributed by atoms with E-state index in [1.807, 2.05) is 18.7 Å². The van der Waals surface area contributed by atoms with Crippen molar-refractivity contribution in [3.63, 3.8) is 0 Å². The van der Waals surface area contributed by atoms with Gasteiger partial charge in [0.05, 0.1) is 0 Å². The summed E-state index contributed by atoms with van der Waals surface area (Å²) in [6, 6.07) is 1.49. The average molecular weight is 330 g/mol. The topological polar surface area (TPSA) is 70.5 Å². The highest BCUT2D eigenvalue weighted by Gasteiger charge is 2.54. The molecule has 3 heterocycles. The van der Waals surface area contributed by atoms with Gasteiger partial charge in [0.1, 0.15) is 0 Å². The first-order chi connectivity index (χ1) is 11.0. The number of likely N-dealkylation sites (tertiary alicyclic amines) is 1. The molecule has 0 aliphatic carbocycles. The van der Waals surface area contributed by atoms with Crippen LogP contribution < -0.4 is 5.56 Å². The molecular formula is C18H26N4O2. The molecule has 0 bridgehead atoms. The van der Waals surface area contributed by atoms with Crippen molar-refractivity contribution in [1.82, 2.24) is 19.5 Å². The van der Waals surface area contributed by atoms with Gasteiger partial charge < -0.3 is 4.90 Å². The number of rotatable bonds is 3. The first-order valence-corrected chi connectivity index (χ1v) is 8.43. The Hall–Kier alpha value is -2.11. The lowest BCUT2D eigenvalue weighted by molar-refractivity contribution is -0.167. The molecular weight excluding hydrogens is 304 g/mol. The first-order valence-electron chi connectivity index (χ1n) is 8.43. The Balaban J connectivity index is 1.79. The monoisotopic (exact) mass is 330 g/mol. The molecule has 0 spiro atoms. The smallest absolute Gasteiger partial charge is 0.266 e. The Kier molecular flexibility index (Phi) is 3.62. The van der Waals surface area contributed by atoms with Gasteiger partial charge in [-0.15, -0.1) is 0 Å². The summed E-state index contributed by atoms with van der Waals surface area (Å²) in [6.45, 7) is 13.3. The van der Waals surface area contributed by atoms with E-state index in [1.54, 1.807) is 4.52 Å². The van der Waals surface area contributed by atoms with Crippen LogP contribution in [0.5, 0.6) is 0 Å². The van der Waals surface area contributed by atoms with Gasteiger partial charge in [0, 0.05) is 41.4 Å². The minimum Gasteiger partial charge on any atom is -0.336 e. The fourth-order valence-electron chi connectivity index (χ4n) is 3.54. The Bertz CT molecular complexity index is 873. The van der Waals surface area contributed by atoms with E-state index < -0.39 is 0 Å². The molecule has 1 N–H and O–H groups in total. The predicted octanol–water partition coefficient (Wildman–Crippen LogP) is 2.22. The van der Waals surface area contributed by atoms with Crippen LogP contribution in [0, 0.1) is 19.3 Å². The fourth-order valence-corrected chi connectivity index (χ4v) is 3.54. The maximum absolute atomic E-state index is 12.6. The van der Waals surface area contributed by atoms with Crippen molar-refractivity contribution < 1.29 is 4.79 Å². The number of amides is 1. The standard InChI is InChI=1S/C18H26N4O2/c1-11-13(12(2)22-14(19-11)9-15(23)20-22)7-8-16(24)21-10-17(3,4)18(21,5)6/h9H,7-8,10H2,1-6H3,(H,20,23). The number of aromatic amines is 1. The molecule has 2 aromatic rings. The zero-order valence-corrected chi connectivity index (χ0v) is 15.4. The third-order valence-corrected chi connectivity index (χ3v) is 5.98. The molecule has 1 amide bonds. The van der Waals surface area contributed by atoms with Crippen LogP contribution in [0.3, 0.4) is 0 Å². The molecule has 130 valence electrons. The molecule has 24 heavy (non-hydrogen) atoms. The largest absolute Gasteiger partial charge is 0.336 e. The van der Waals surface area contributed by atoms with Gasteiger partial charge in [-0.05, 0) is 39.7 Å². The van der Waals surface area contributed by atoms with Gasteiger partial charge in [0.2, 0.25) is 5.91 Å². The minimum absolute atomic E-state index is 0.109. The minimum atomic E-state index is -0.164. The number of nitrogens with zero attached hydrogens (tertiary/aromatic N) is 3. The van der Waals surface area contributed by atoms with Gasteiger partial charge in [0.25, 0.3) is 5.56 Å². The third-order valence-electron chi connectivity index (χ3n) is 5.98. The third kappa shape index (κ3) is 2.36. The van der Waals surface area contributed by atoms with Gasteiger partial charge in [-0.25, -0.2) is 9.50 Å². The van der Waals surface area contributed by atoms with Gasteiger partial charge in [-0.2, -0.15) is 0 Å². The maximum atomic E-state index is 12.6. The van der Waals surface area contributed by atoms with Crippen LogP contribution in [0.1, 0.15) is 51.1 Å². The first kappa shape index (κ1) is 16.7. The lowest BCUT2D eigenvalue weighted by Gasteiger charge is -2.61. The molecule has 0 radical (unpaired) electrons. The van der Waals surface area contributed by atoms with E-state index in [4.69, 9.17) is 0 Å². The number of carbonyl (C=O) groups excluding carboxylic acids is 1. The van der Waals surface area contributed by atoms with Gasteiger partial charge >= 0.3 is 0 Å². The van der Waals surface area contributed by atoms with Crippen molar-refractivity contribution in [3.8, 4) is 0 Å². The quantitative estimate of drug-likeness (QED) is 0.938. The molecule has 1 fully saturated rings. The van der Waals surface area contributed by atoms with Crippen molar-refractivity contribution in [1.29, 1.82) is 0 Å². The second-order valence-electron chi connectivity index (χ2n) is 8.00. The number of hydrogen-bond donors (Lipinski definition) is 1. The highest BCUT2D eigenvalue weighted by Crippen LogP contribution is 2.46. The molecule has 2 aromatic heterocycles. The number of fused-ring (bicyclic) bond motifs is 1. The average Bonchev–Trinajstić information content (AvgIpc) is 2.85. The van der Waals surface area contributed by atoms with Crippen LogP contribution >= 0.6 is 0 Å². The number of carbonyl (C=O) groups is 1. The van der Waals surface area contributed by atoms with E-state index in [1.165, 1.54) is 6.07 Å². The molecule has 6 heteroatoms. The normalized spacial score (nSPS) is 18.7. The van der Waals surface area contributed by atoms with Crippen molar-refractivity contribution >= 4 is 11.6 Å². The Morgan fingerprint density at radius 2 is 1.96 bits per heavy atom. The van der Waals surface area contributed by atoms with Crippen LogP contribution in [0.25, 0.3) is 5.65 Å². The van der Waals surface area contributed by atoms with Gasteiger partial charge in [-0.3, -0.25) is 14.7 Å². The number of aromatic nitrogens is 3. The summed E-state index contributed by atoms with van der Waals surface area (Å²) in [7, 11) is 0. The van der Waals surface area contributed by atoms with E-state index in [9.17, 15) is 9.59 Å². The SMILES string of the molecule is Cc1nc2cc(=O)[nH]n2c(C)c1CCC(=O)N1CC(C)(C)C1(C)C. The predicted molar refractivity (Wildman–Crippen MR) is 93.2 cm³/mol. The summed E-state index contributed by atoms with van der Waals surface area (Å²) in [5, 5.41) is 2.75. The van der Waals surface area contributed by atoms with E-state index in [-0.39, 0.29) is 22.4 Å². The zero-order chi connectivity index (χ0) is 17.9. The lowest BCUT2D eigenvalue weighted by Crippen LogP contribution is -2.70. The van der Waals surface area contributed by atoms with Crippen LogP contribution in [0.2, 0.25) is 0 Å². The van der Waals surface area contributed by atoms with Crippen LogP contribution in [-0.2, 0) is 11.2 Å². The summed E-state index contributed by atoms with van der Waals surface area (Å²) in [5.74, 6) is 0.180. The van der Waals surface area contributed by atoms with E-state index >= 15 is 0 Å². The van der Waals surface area contributed by atoms with Gasteiger partial charge in [-0.1, -0.05) is 13.8 Å². The Morgan fingerprint density at radius 3 is 2.54 bits per heavy atom. The summed E-state index contributed by atoms with van der Waals surface area (Å²) in [4.78, 5) is 30.6. The second-order valence-corrected chi connectivity index (χ2v) is 8.00. The second kappa shape index (κ2) is 5.19. The highest BCUT2D eigenvalue weighted by atomic mass is 16.2. The van der Waals surface area contributed by atoms with Crippen molar-refractivity contribution in [2.24, 2.45) is 5.41 Å². The molecule has 0 unspecified atom stereocenters. The Morgan fingerprint density at radius 1 is 1.29 bits per heavy atom.